The third-order valence-corrected chi connectivity index (χ3v) is 5.30. The molecule has 2 aromatic heterocycles. The van der Waals surface area contributed by atoms with Crippen molar-refractivity contribution in [3.63, 3.8) is 0 Å². The molecule has 0 radical (unpaired) electrons. The molecule has 2 heterocycles. The maximum Gasteiger partial charge on any atom is 0.247 e. The number of aromatic nitrogens is 2. The number of amides is 1. The standard InChI is InChI=1S/C18H14ClF2N3OS/c19-17-15(23-7-8-26-18(23)22-17)5-6-16(25)24(13-3-4-13)10-11-1-2-12(20)9-14(11)21/h1-2,5-9,13H,3-4,10H2/b6-5+. The molecule has 1 fully saturated rings. The highest BCUT2D eigenvalue weighted by molar-refractivity contribution is 7.15. The number of nitrogens with zero attached hydrogens (tertiary/aromatic N) is 3. The van der Waals surface area contributed by atoms with Crippen LogP contribution in [-0.4, -0.2) is 26.2 Å². The summed E-state index contributed by atoms with van der Waals surface area (Å²) in [5.41, 5.74) is 0.919. The molecule has 0 atom stereocenters. The number of hydrogen-bond donors (Lipinski definition) is 0. The molecule has 0 unspecified atom stereocenters. The molecule has 0 spiro atoms. The molecule has 1 aliphatic carbocycles. The summed E-state index contributed by atoms with van der Waals surface area (Å²) in [6.07, 6.45) is 6.63. The van der Waals surface area contributed by atoms with Gasteiger partial charge in [-0.25, -0.2) is 13.8 Å². The minimum absolute atomic E-state index is 0.0821. The van der Waals surface area contributed by atoms with Crippen LogP contribution in [0.3, 0.4) is 0 Å². The third-order valence-electron chi connectivity index (χ3n) is 4.26. The average Bonchev–Trinajstić information content (AvgIpc) is 3.26. The Morgan fingerprint density at radius 1 is 1.42 bits per heavy atom. The fourth-order valence-corrected chi connectivity index (χ4v) is 3.78. The molecule has 134 valence electrons. The lowest BCUT2D eigenvalue weighted by atomic mass is 10.2. The summed E-state index contributed by atoms with van der Waals surface area (Å²) in [7, 11) is 0. The van der Waals surface area contributed by atoms with Crippen molar-refractivity contribution >= 4 is 39.9 Å². The highest BCUT2D eigenvalue weighted by Gasteiger charge is 2.32. The van der Waals surface area contributed by atoms with E-state index in [-0.39, 0.29) is 18.5 Å². The molecule has 8 heteroatoms. The molecule has 4 rings (SSSR count). The van der Waals surface area contributed by atoms with E-state index >= 15 is 0 Å². The Morgan fingerprint density at radius 3 is 2.96 bits per heavy atom. The number of rotatable bonds is 5. The van der Waals surface area contributed by atoms with Crippen LogP contribution in [0.15, 0.2) is 35.9 Å². The molecule has 1 amide bonds. The van der Waals surface area contributed by atoms with Gasteiger partial charge in [-0.3, -0.25) is 9.20 Å². The summed E-state index contributed by atoms with van der Waals surface area (Å²) in [4.78, 5) is 19.2. The van der Waals surface area contributed by atoms with Gasteiger partial charge < -0.3 is 4.90 Å². The van der Waals surface area contributed by atoms with Gasteiger partial charge in [0.1, 0.15) is 11.6 Å². The Balaban J connectivity index is 1.56. The van der Waals surface area contributed by atoms with Crippen LogP contribution in [0.1, 0.15) is 24.1 Å². The number of hydrogen-bond acceptors (Lipinski definition) is 3. The van der Waals surface area contributed by atoms with Crippen molar-refractivity contribution in [2.24, 2.45) is 0 Å². The molecule has 4 nitrogen and oxygen atoms in total. The van der Waals surface area contributed by atoms with Crippen LogP contribution in [0.5, 0.6) is 0 Å². The highest BCUT2D eigenvalue weighted by atomic mass is 35.5. The first-order valence-electron chi connectivity index (χ1n) is 8.06. The van der Waals surface area contributed by atoms with Gasteiger partial charge in [-0.2, -0.15) is 0 Å². The maximum absolute atomic E-state index is 13.9. The van der Waals surface area contributed by atoms with Crippen LogP contribution in [0.2, 0.25) is 5.15 Å². The average molecular weight is 394 g/mol. The van der Waals surface area contributed by atoms with E-state index in [0.29, 0.717) is 16.4 Å². The maximum atomic E-state index is 13.9. The minimum atomic E-state index is -0.647. The van der Waals surface area contributed by atoms with Gasteiger partial charge in [0, 0.05) is 41.9 Å². The zero-order valence-corrected chi connectivity index (χ0v) is 15.1. The van der Waals surface area contributed by atoms with E-state index < -0.39 is 11.6 Å². The predicted molar refractivity (Wildman–Crippen MR) is 97.0 cm³/mol. The summed E-state index contributed by atoms with van der Waals surface area (Å²) in [5.74, 6) is -1.52. The molecule has 0 aliphatic heterocycles. The third kappa shape index (κ3) is 3.37. The largest absolute Gasteiger partial charge is 0.332 e. The Labute approximate surface area is 157 Å². The van der Waals surface area contributed by atoms with Gasteiger partial charge in [-0.1, -0.05) is 17.7 Å². The van der Waals surface area contributed by atoms with E-state index in [1.807, 2.05) is 11.6 Å². The van der Waals surface area contributed by atoms with Crippen molar-refractivity contribution in [2.45, 2.75) is 25.4 Å². The second-order valence-corrected chi connectivity index (χ2v) is 7.34. The second kappa shape index (κ2) is 6.81. The molecule has 3 aromatic rings. The predicted octanol–water partition coefficient (Wildman–Crippen LogP) is 4.53. The van der Waals surface area contributed by atoms with Crippen LogP contribution >= 0.6 is 22.9 Å². The lowest BCUT2D eigenvalue weighted by molar-refractivity contribution is -0.127. The summed E-state index contributed by atoms with van der Waals surface area (Å²) in [6, 6.07) is 3.49. The first kappa shape index (κ1) is 17.2. The molecule has 26 heavy (non-hydrogen) atoms. The number of halogens is 3. The summed E-state index contributed by atoms with van der Waals surface area (Å²) >= 11 is 7.57. The molecule has 1 aliphatic rings. The van der Waals surface area contributed by atoms with Crippen molar-refractivity contribution in [3.05, 3.63) is 63.9 Å². The number of carbonyl (C=O) groups excluding carboxylic acids is 1. The lowest BCUT2D eigenvalue weighted by Gasteiger charge is -2.21. The molecular weight excluding hydrogens is 380 g/mol. The zero-order valence-electron chi connectivity index (χ0n) is 13.5. The van der Waals surface area contributed by atoms with Gasteiger partial charge >= 0.3 is 0 Å². The van der Waals surface area contributed by atoms with E-state index in [0.717, 1.165) is 23.9 Å². The minimum Gasteiger partial charge on any atom is -0.332 e. The van der Waals surface area contributed by atoms with Gasteiger partial charge in [0.25, 0.3) is 0 Å². The van der Waals surface area contributed by atoms with E-state index in [1.54, 1.807) is 15.4 Å². The topological polar surface area (TPSA) is 37.6 Å². The van der Waals surface area contributed by atoms with E-state index in [2.05, 4.69) is 4.98 Å². The summed E-state index contributed by atoms with van der Waals surface area (Å²) in [6.45, 7) is 0.105. The first-order valence-corrected chi connectivity index (χ1v) is 9.32. The Bertz CT molecular complexity index is 1010. The summed E-state index contributed by atoms with van der Waals surface area (Å²) in [5, 5.41) is 2.20. The van der Waals surface area contributed by atoms with Crippen molar-refractivity contribution in [1.29, 1.82) is 0 Å². The highest BCUT2D eigenvalue weighted by Crippen LogP contribution is 2.30. The molecule has 0 N–H and O–H groups in total. The van der Waals surface area contributed by atoms with Crippen molar-refractivity contribution in [1.82, 2.24) is 14.3 Å². The Morgan fingerprint density at radius 2 is 2.23 bits per heavy atom. The van der Waals surface area contributed by atoms with E-state index in [1.165, 1.54) is 29.5 Å². The van der Waals surface area contributed by atoms with Gasteiger partial charge in [0.15, 0.2) is 10.1 Å². The van der Waals surface area contributed by atoms with E-state index in [9.17, 15) is 13.6 Å². The fourth-order valence-electron chi connectivity index (χ4n) is 2.78. The first-order chi connectivity index (χ1) is 12.5. The number of imidazole rings is 1. The smallest absolute Gasteiger partial charge is 0.247 e. The molecule has 1 saturated carbocycles. The lowest BCUT2D eigenvalue weighted by Crippen LogP contribution is -2.31. The molecular formula is C18H14ClF2N3OS. The summed E-state index contributed by atoms with van der Waals surface area (Å²) < 4.78 is 28.8. The Hall–Kier alpha value is -2.25. The monoisotopic (exact) mass is 393 g/mol. The number of benzene rings is 1. The van der Waals surface area contributed by atoms with Crippen LogP contribution in [0.4, 0.5) is 8.78 Å². The Kier molecular flexibility index (Phi) is 4.50. The zero-order chi connectivity index (χ0) is 18.3. The molecule has 0 saturated heterocycles. The molecule has 0 bridgehead atoms. The normalized spacial score (nSPS) is 14.4. The van der Waals surface area contributed by atoms with Crippen LogP contribution < -0.4 is 0 Å². The van der Waals surface area contributed by atoms with Gasteiger partial charge in [0.05, 0.1) is 5.69 Å². The van der Waals surface area contributed by atoms with Crippen LogP contribution in [0.25, 0.3) is 11.0 Å². The van der Waals surface area contributed by atoms with Crippen LogP contribution in [-0.2, 0) is 11.3 Å². The fraction of sp³-hybridized carbons (Fsp3) is 0.222. The second-order valence-electron chi connectivity index (χ2n) is 6.11. The SMILES string of the molecule is O=C(/C=C/c1c(Cl)nc2sccn12)N(Cc1ccc(F)cc1F)C1CC1. The van der Waals surface area contributed by atoms with Crippen LogP contribution in [0, 0.1) is 11.6 Å². The van der Waals surface area contributed by atoms with Crippen molar-refractivity contribution in [3.8, 4) is 0 Å². The van der Waals surface area contributed by atoms with Gasteiger partial charge in [-0.15, -0.1) is 11.3 Å². The molecule has 1 aromatic carbocycles. The quantitative estimate of drug-likeness (QED) is 0.597. The van der Waals surface area contributed by atoms with E-state index in [4.69, 9.17) is 11.6 Å². The number of thiazole rings is 1. The van der Waals surface area contributed by atoms with Crippen molar-refractivity contribution < 1.29 is 13.6 Å². The van der Waals surface area contributed by atoms with Gasteiger partial charge in [-0.05, 0) is 25.0 Å². The van der Waals surface area contributed by atoms with Gasteiger partial charge in [0.2, 0.25) is 5.91 Å². The number of carbonyl (C=O) groups is 1. The van der Waals surface area contributed by atoms with Crippen molar-refractivity contribution in [2.75, 3.05) is 0 Å². The number of fused-ring (bicyclic) bond motifs is 1.